The van der Waals surface area contributed by atoms with E-state index in [1.807, 2.05) is 13.8 Å². The summed E-state index contributed by atoms with van der Waals surface area (Å²) in [5.74, 6) is 0.795. The molecule has 1 atom stereocenters. The Bertz CT molecular complexity index is 335. The van der Waals surface area contributed by atoms with Gasteiger partial charge in [-0.05, 0) is 21.8 Å². The Labute approximate surface area is 102 Å². The van der Waals surface area contributed by atoms with Gasteiger partial charge in [0.05, 0.1) is 10.6 Å². The van der Waals surface area contributed by atoms with Gasteiger partial charge in [0.1, 0.15) is 17.3 Å². The fourth-order valence-electron chi connectivity index (χ4n) is 0.909. The molecule has 0 aliphatic rings. The highest BCUT2D eigenvalue weighted by Gasteiger charge is 2.11. The third-order valence-electron chi connectivity index (χ3n) is 2.00. The number of aliphatic hydroxyl groups is 1. The topological polar surface area (TPSA) is 58.0 Å². The number of aliphatic hydroxyl groups excluding tert-OH is 1. The van der Waals surface area contributed by atoms with Crippen molar-refractivity contribution in [2.75, 3.05) is 11.9 Å². The molecule has 1 aromatic rings. The zero-order chi connectivity index (χ0) is 11.4. The minimum atomic E-state index is -0.411. The molecular weight excluding hydrogens is 281 g/mol. The van der Waals surface area contributed by atoms with Crippen LogP contribution >= 0.6 is 27.5 Å². The first-order valence-electron chi connectivity index (χ1n) is 4.60. The monoisotopic (exact) mass is 293 g/mol. The van der Waals surface area contributed by atoms with Gasteiger partial charge in [-0.25, -0.2) is 9.97 Å². The lowest BCUT2D eigenvalue weighted by Crippen LogP contribution is -2.25. The molecule has 0 aliphatic carbocycles. The molecule has 0 saturated carbocycles. The summed E-state index contributed by atoms with van der Waals surface area (Å²) in [5.41, 5.74) is 0. The van der Waals surface area contributed by atoms with Crippen molar-refractivity contribution < 1.29 is 5.11 Å². The third kappa shape index (κ3) is 3.59. The van der Waals surface area contributed by atoms with Crippen molar-refractivity contribution >= 4 is 33.3 Å². The first-order chi connectivity index (χ1) is 7.02. The van der Waals surface area contributed by atoms with Gasteiger partial charge in [-0.3, -0.25) is 0 Å². The number of aromatic nitrogens is 2. The Hall–Kier alpha value is -0.390. The van der Waals surface area contributed by atoms with Crippen LogP contribution < -0.4 is 5.32 Å². The number of nitrogens with one attached hydrogen (secondary N) is 1. The molecule has 0 aliphatic heterocycles. The summed E-state index contributed by atoms with van der Waals surface area (Å²) in [4.78, 5) is 7.81. The van der Waals surface area contributed by atoms with Crippen LogP contribution in [0, 0.1) is 5.92 Å². The van der Waals surface area contributed by atoms with Crippen LogP contribution in [0.5, 0.6) is 0 Å². The second-order valence-electron chi connectivity index (χ2n) is 3.52. The lowest BCUT2D eigenvalue weighted by Gasteiger charge is -2.15. The molecule has 2 N–H and O–H groups in total. The predicted octanol–water partition coefficient (Wildman–Crippen LogP) is 2.32. The van der Waals surface area contributed by atoms with E-state index in [1.54, 1.807) is 0 Å². The molecule has 0 fully saturated rings. The Morgan fingerprint density at radius 1 is 1.53 bits per heavy atom. The van der Waals surface area contributed by atoms with Gasteiger partial charge >= 0.3 is 0 Å². The molecule has 84 valence electrons. The maximum atomic E-state index is 9.59. The van der Waals surface area contributed by atoms with Gasteiger partial charge in [0, 0.05) is 6.54 Å². The van der Waals surface area contributed by atoms with Crippen LogP contribution in [0.25, 0.3) is 0 Å². The van der Waals surface area contributed by atoms with Gasteiger partial charge in [0.2, 0.25) is 0 Å². The summed E-state index contributed by atoms with van der Waals surface area (Å²) < 4.78 is 0.614. The zero-order valence-corrected chi connectivity index (χ0v) is 10.9. The predicted molar refractivity (Wildman–Crippen MR) is 64.1 cm³/mol. The highest BCUT2D eigenvalue weighted by Crippen LogP contribution is 2.25. The van der Waals surface area contributed by atoms with Crippen molar-refractivity contribution in [2.45, 2.75) is 20.0 Å². The summed E-state index contributed by atoms with van der Waals surface area (Å²) >= 11 is 9.06. The van der Waals surface area contributed by atoms with Gasteiger partial charge in [0.15, 0.2) is 0 Å². The minimum Gasteiger partial charge on any atom is -0.391 e. The van der Waals surface area contributed by atoms with E-state index in [1.165, 1.54) is 6.33 Å². The van der Waals surface area contributed by atoms with Crippen LogP contribution in [-0.4, -0.2) is 27.7 Å². The van der Waals surface area contributed by atoms with Crippen LogP contribution in [0.3, 0.4) is 0 Å². The average Bonchev–Trinajstić information content (AvgIpc) is 2.19. The largest absolute Gasteiger partial charge is 0.391 e. The molecular formula is C9H13BrClN3O. The molecule has 15 heavy (non-hydrogen) atoms. The number of halogens is 2. The van der Waals surface area contributed by atoms with E-state index in [2.05, 4.69) is 31.2 Å². The van der Waals surface area contributed by atoms with E-state index in [0.717, 1.165) is 0 Å². The van der Waals surface area contributed by atoms with Gasteiger partial charge in [-0.1, -0.05) is 25.4 Å². The molecule has 1 heterocycles. The average molecular weight is 295 g/mol. The van der Waals surface area contributed by atoms with Gasteiger partial charge in [0.25, 0.3) is 0 Å². The van der Waals surface area contributed by atoms with E-state index >= 15 is 0 Å². The summed E-state index contributed by atoms with van der Waals surface area (Å²) in [7, 11) is 0. The molecule has 0 radical (unpaired) electrons. The third-order valence-corrected chi connectivity index (χ3v) is 3.26. The van der Waals surface area contributed by atoms with Gasteiger partial charge in [-0.2, -0.15) is 0 Å². The Morgan fingerprint density at radius 2 is 2.20 bits per heavy atom. The summed E-state index contributed by atoms with van der Waals surface area (Å²) in [6.45, 7) is 4.34. The molecule has 0 amide bonds. The van der Waals surface area contributed by atoms with Crippen molar-refractivity contribution in [1.82, 2.24) is 9.97 Å². The van der Waals surface area contributed by atoms with Crippen molar-refractivity contribution in [3.8, 4) is 0 Å². The highest BCUT2D eigenvalue weighted by atomic mass is 79.9. The fourth-order valence-corrected chi connectivity index (χ4v) is 1.39. The standard InChI is InChI=1S/C9H13BrClN3O/c1-5(2)6(15)3-12-9-7(10)8(11)13-4-14-9/h4-6,15H,3H2,1-2H3,(H,12,13,14). The number of rotatable bonds is 4. The van der Waals surface area contributed by atoms with Crippen LogP contribution in [0.2, 0.25) is 5.15 Å². The smallest absolute Gasteiger partial charge is 0.148 e. The van der Waals surface area contributed by atoms with Gasteiger partial charge < -0.3 is 10.4 Å². The lowest BCUT2D eigenvalue weighted by molar-refractivity contribution is 0.138. The van der Waals surface area contributed by atoms with E-state index in [-0.39, 0.29) is 5.92 Å². The van der Waals surface area contributed by atoms with Crippen molar-refractivity contribution in [3.63, 3.8) is 0 Å². The normalized spacial score (nSPS) is 12.9. The second kappa shape index (κ2) is 5.63. The van der Waals surface area contributed by atoms with E-state index < -0.39 is 6.10 Å². The Balaban J connectivity index is 2.62. The maximum Gasteiger partial charge on any atom is 0.148 e. The molecule has 1 aromatic heterocycles. The van der Waals surface area contributed by atoms with Crippen molar-refractivity contribution in [2.24, 2.45) is 5.92 Å². The van der Waals surface area contributed by atoms with Crippen LogP contribution in [0.15, 0.2) is 10.8 Å². The molecule has 4 nitrogen and oxygen atoms in total. The molecule has 6 heteroatoms. The highest BCUT2D eigenvalue weighted by molar-refractivity contribution is 9.10. The summed E-state index contributed by atoms with van der Waals surface area (Å²) in [5, 5.41) is 12.9. The molecule has 0 spiro atoms. The number of anilines is 1. The Morgan fingerprint density at radius 3 is 2.80 bits per heavy atom. The molecule has 1 unspecified atom stereocenters. The first-order valence-corrected chi connectivity index (χ1v) is 5.77. The maximum absolute atomic E-state index is 9.59. The number of hydrogen-bond donors (Lipinski definition) is 2. The molecule has 0 bridgehead atoms. The molecule has 1 rings (SSSR count). The zero-order valence-electron chi connectivity index (χ0n) is 8.54. The molecule has 0 aromatic carbocycles. The van der Waals surface area contributed by atoms with Crippen LogP contribution in [0.1, 0.15) is 13.8 Å². The first kappa shape index (κ1) is 12.7. The molecule has 0 saturated heterocycles. The lowest BCUT2D eigenvalue weighted by atomic mass is 10.1. The van der Waals surface area contributed by atoms with E-state index in [9.17, 15) is 5.11 Å². The minimum absolute atomic E-state index is 0.202. The Kier molecular flexibility index (Phi) is 4.76. The van der Waals surface area contributed by atoms with E-state index in [4.69, 9.17) is 11.6 Å². The van der Waals surface area contributed by atoms with Crippen LogP contribution in [0.4, 0.5) is 5.82 Å². The van der Waals surface area contributed by atoms with E-state index in [0.29, 0.717) is 22.0 Å². The van der Waals surface area contributed by atoms with Gasteiger partial charge in [-0.15, -0.1) is 0 Å². The SMILES string of the molecule is CC(C)C(O)CNc1ncnc(Cl)c1Br. The summed E-state index contributed by atoms with van der Waals surface area (Å²) in [6.07, 6.45) is 0.961. The van der Waals surface area contributed by atoms with Crippen LogP contribution in [-0.2, 0) is 0 Å². The second-order valence-corrected chi connectivity index (χ2v) is 4.67. The van der Waals surface area contributed by atoms with Crippen molar-refractivity contribution in [1.29, 1.82) is 0 Å². The fraction of sp³-hybridized carbons (Fsp3) is 0.556. The number of hydrogen-bond acceptors (Lipinski definition) is 4. The quantitative estimate of drug-likeness (QED) is 0.837. The summed E-state index contributed by atoms with van der Waals surface area (Å²) in [6, 6.07) is 0. The van der Waals surface area contributed by atoms with Crippen molar-refractivity contribution in [3.05, 3.63) is 16.0 Å². The number of nitrogens with zero attached hydrogens (tertiary/aromatic N) is 2.